The molecule has 0 bridgehead atoms. The second-order valence-corrected chi connectivity index (χ2v) is 4.04. The van der Waals surface area contributed by atoms with Gasteiger partial charge in [-0.15, -0.1) is 0 Å². The lowest BCUT2D eigenvalue weighted by Crippen LogP contribution is -2.28. The molecule has 1 atom stereocenters. The van der Waals surface area contributed by atoms with Crippen LogP contribution in [0.15, 0.2) is 12.1 Å². The first-order valence-corrected chi connectivity index (χ1v) is 5.44. The SMILES string of the molecule is CCc1cc(O)cc2c1C(CC(=O)O)OB2O. The minimum atomic E-state index is -1.16. The van der Waals surface area contributed by atoms with E-state index >= 15 is 0 Å². The predicted molar refractivity (Wildman–Crippen MR) is 61.2 cm³/mol. The second-order valence-electron chi connectivity index (χ2n) is 4.04. The Balaban J connectivity index is 2.47. The first kappa shape index (κ1) is 11.9. The molecule has 1 unspecified atom stereocenters. The van der Waals surface area contributed by atoms with E-state index in [2.05, 4.69) is 0 Å². The quantitative estimate of drug-likeness (QED) is 0.652. The molecule has 0 radical (unpaired) electrons. The van der Waals surface area contributed by atoms with Crippen LogP contribution in [0.2, 0.25) is 0 Å². The zero-order valence-corrected chi connectivity index (χ0v) is 9.38. The summed E-state index contributed by atoms with van der Waals surface area (Å²) in [6.45, 7) is 1.90. The molecule has 0 saturated heterocycles. The molecule has 0 aromatic heterocycles. The van der Waals surface area contributed by atoms with Gasteiger partial charge >= 0.3 is 13.1 Å². The van der Waals surface area contributed by atoms with Gasteiger partial charge in [-0.2, -0.15) is 0 Å². The van der Waals surface area contributed by atoms with Gasteiger partial charge in [0, 0.05) is 0 Å². The Bertz CT molecular complexity index is 459. The molecular formula is C11H13BO5. The molecule has 3 N–H and O–H groups in total. The van der Waals surface area contributed by atoms with Gasteiger partial charge in [-0.3, -0.25) is 4.79 Å². The third kappa shape index (κ3) is 2.14. The highest BCUT2D eigenvalue weighted by Gasteiger charge is 2.38. The van der Waals surface area contributed by atoms with Crippen molar-refractivity contribution in [3.05, 3.63) is 23.3 Å². The lowest BCUT2D eigenvalue weighted by atomic mass is 9.77. The standard InChI is InChI=1S/C11H13BO5/c1-2-6-3-7(13)4-8-11(6)9(5-10(14)15)17-12(8)16/h3-4,9,13,16H,2,5H2,1H3,(H,14,15). The summed E-state index contributed by atoms with van der Waals surface area (Å²) < 4.78 is 5.20. The molecule has 6 heteroatoms. The largest absolute Gasteiger partial charge is 0.508 e. The smallest absolute Gasteiger partial charge is 0.492 e. The molecular weight excluding hydrogens is 223 g/mol. The van der Waals surface area contributed by atoms with Crippen molar-refractivity contribution in [2.45, 2.75) is 25.9 Å². The maximum atomic E-state index is 10.7. The van der Waals surface area contributed by atoms with E-state index in [-0.39, 0.29) is 12.2 Å². The Morgan fingerprint density at radius 1 is 1.53 bits per heavy atom. The van der Waals surface area contributed by atoms with Gasteiger partial charge in [0.2, 0.25) is 0 Å². The minimum Gasteiger partial charge on any atom is -0.508 e. The average Bonchev–Trinajstić information content (AvgIpc) is 2.54. The van der Waals surface area contributed by atoms with Crippen LogP contribution in [0.3, 0.4) is 0 Å². The van der Waals surface area contributed by atoms with E-state index in [1.807, 2.05) is 6.92 Å². The van der Waals surface area contributed by atoms with Gasteiger partial charge in [0.05, 0.1) is 12.5 Å². The van der Waals surface area contributed by atoms with E-state index < -0.39 is 19.2 Å². The average molecular weight is 236 g/mol. The van der Waals surface area contributed by atoms with Gasteiger partial charge in [-0.25, -0.2) is 0 Å². The van der Waals surface area contributed by atoms with Crippen LogP contribution in [0.5, 0.6) is 5.75 Å². The molecule has 0 fully saturated rings. The molecule has 2 rings (SSSR count). The lowest BCUT2D eigenvalue weighted by Gasteiger charge is -2.13. The Morgan fingerprint density at radius 2 is 2.24 bits per heavy atom. The fourth-order valence-corrected chi connectivity index (χ4v) is 2.22. The van der Waals surface area contributed by atoms with Crippen LogP contribution in [-0.2, 0) is 15.9 Å². The minimum absolute atomic E-state index is 0.0548. The number of aryl methyl sites for hydroxylation is 1. The van der Waals surface area contributed by atoms with Gasteiger partial charge in [-0.05, 0) is 35.1 Å². The third-order valence-electron chi connectivity index (χ3n) is 2.90. The molecule has 0 spiro atoms. The molecule has 17 heavy (non-hydrogen) atoms. The van der Waals surface area contributed by atoms with Crippen molar-refractivity contribution in [1.82, 2.24) is 0 Å². The van der Waals surface area contributed by atoms with Gasteiger partial charge in [-0.1, -0.05) is 6.92 Å². The number of fused-ring (bicyclic) bond motifs is 1. The zero-order valence-electron chi connectivity index (χ0n) is 9.38. The van der Waals surface area contributed by atoms with E-state index in [9.17, 15) is 14.9 Å². The number of aromatic hydroxyl groups is 1. The molecule has 0 aliphatic carbocycles. The van der Waals surface area contributed by atoms with Crippen LogP contribution in [0, 0.1) is 0 Å². The second kappa shape index (κ2) is 4.39. The number of phenolic OH excluding ortho intramolecular Hbond substituents is 1. The van der Waals surface area contributed by atoms with Crippen LogP contribution >= 0.6 is 0 Å². The molecule has 0 amide bonds. The molecule has 1 aromatic rings. The molecule has 0 saturated carbocycles. The molecule has 1 aliphatic heterocycles. The molecule has 1 aliphatic rings. The number of benzene rings is 1. The van der Waals surface area contributed by atoms with Crippen LogP contribution in [0.25, 0.3) is 0 Å². The summed E-state index contributed by atoms with van der Waals surface area (Å²) in [6, 6.07) is 3.00. The number of carboxylic acid groups (broad SMARTS) is 1. The highest BCUT2D eigenvalue weighted by atomic mass is 16.5. The summed E-state index contributed by atoms with van der Waals surface area (Å²) in [7, 11) is -1.16. The van der Waals surface area contributed by atoms with Crippen LogP contribution in [0.4, 0.5) is 0 Å². The van der Waals surface area contributed by atoms with Crippen molar-refractivity contribution >= 4 is 18.6 Å². The summed E-state index contributed by atoms with van der Waals surface area (Å²) in [6.07, 6.45) is -0.196. The fourth-order valence-electron chi connectivity index (χ4n) is 2.22. The van der Waals surface area contributed by atoms with Crippen molar-refractivity contribution in [1.29, 1.82) is 0 Å². The summed E-state index contributed by atoms with van der Waals surface area (Å²) >= 11 is 0. The zero-order chi connectivity index (χ0) is 12.6. The Labute approximate surface area is 98.8 Å². The summed E-state index contributed by atoms with van der Waals surface area (Å²) in [5.41, 5.74) is 1.97. The first-order valence-electron chi connectivity index (χ1n) is 5.44. The van der Waals surface area contributed by atoms with Crippen molar-refractivity contribution < 1.29 is 24.7 Å². The number of phenols is 1. The van der Waals surface area contributed by atoms with Crippen molar-refractivity contribution in [2.24, 2.45) is 0 Å². The Kier molecular flexibility index (Phi) is 3.08. The molecule has 1 heterocycles. The van der Waals surface area contributed by atoms with E-state index in [1.165, 1.54) is 6.07 Å². The van der Waals surface area contributed by atoms with E-state index in [0.29, 0.717) is 17.4 Å². The van der Waals surface area contributed by atoms with Crippen LogP contribution in [0.1, 0.15) is 30.6 Å². The van der Waals surface area contributed by atoms with Crippen molar-refractivity contribution in [3.8, 4) is 5.75 Å². The normalized spacial score (nSPS) is 18.2. The predicted octanol–water partition coefficient (Wildman–Crippen LogP) is 0.188. The van der Waals surface area contributed by atoms with Crippen molar-refractivity contribution in [2.75, 3.05) is 0 Å². The van der Waals surface area contributed by atoms with Gasteiger partial charge in [0.25, 0.3) is 0 Å². The van der Waals surface area contributed by atoms with Gasteiger partial charge in [0.1, 0.15) is 5.75 Å². The number of hydrogen-bond acceptors (Lipinski definition) is 4. The molecule has 5 nitrogen and oxygen atoms in total. The third-order valence-corrected chi connectivity index (χ3v) is 2.90. The maximum absolute atomic E-state index is 10.7. The Morgan fingerprint density at radius 3 is 2.82 bits per heavy atom. The highest BCUT2D eigenvalue weighted by Crippen LogP contribution is 2.32. The highest BCUT2D eigenvalue weighted by molar-refractivity contribution is 6.62. The molecule has 1 aromatic carbocycles. The van der Waals surface area contributed by atoms with Crippen LogP contribution < -0.4 is 5.46 Å². The lowest BCUT2D eigenvalue weighted by molar-refractivity contribution is -0.138. The number of carboxylic acids is 1. The van der Waals surface area contributed by atoms with E-state index in [4.69, 9.17) is 9.76 Å². The van der Waals surface area contributed by atoms with Crippen molar-refractivity contribution in [3.63, 3.8) is 0 Å². The summed E-state index contributed by atoms with van der Waals surface area (Å²) in [5.74, 6) is -0.926. The summed E-state index contributed by atoms with van der Waals surface area (Å²) in [5, 5.41) is 28.0. The fraction of sp³-hybridized carbons (Fsp3) is 0.364. The number of aliphatic carboxylic acids is 1. The summed E-state index contributed by atoms with van der Waals surface area (Å²) in [4.78, 5) is 10.7. The van der Waals surface area contributed by atoms with Gasteiger partial charge < -0.3 is 19.9 Å². The number of hydrogen-bond donors (Lipinski definition) is 3. The van der Waals surface area contributed by atoms with Crippen LogP contribution in [-0.4, -0.2) is 28.3 Å². The van der Waals surface area contributed by atoms with E-state index in [1.54, 1.807) is 6.07 Å². The Hall–Kier alpha value is -1.53. The van der Waals surface area contributed by atoms with E-state index in [0.717, 1.165) is 5.56 Å². The molecule has 90 valence electrons. The number of carbonyl (C=O) groups is 1. The number of rotatable bonds is 3. The van der Waals surface area contributed by atoms with Gasteiger partial charge in [0.15, 0.2) is 0 Å². The first-order chi connectivity index (χ1) is 8.02. The topological polar surface area (TPSA) is 87.0 Å². The monoisotopic (exact) mass is 236 g/mol. The maximum Gasteiger partial charge on any atom is 0.492 e.